The molecule has 1 fully saturated rings. The Morgan fingerprint density at radius 1 is 1.47 bits per heavy atom. The zero-order valence-corrected chi connectivity index (χ0v) is 11.5. The SMILES string of the molecule is COc1ccc(Br)cc1COCC1CCOC1. The van der Waals surface area contributed by atoms with Crippen LogP contribution in [-0.4, -0.2) is 26.9 Å². The number of rotatable bonds is 5. The van der Waals surface area contributed by atoms with E-state index in [1.165, 1.54) is 0 Å². The number of halogens is 1. The fraction of sp³-hybridized carbons (Fsp3) is 0.538. The van der Waals surface area contributed by atoms with Crippen LogP contribution in [0.15, 0.2) is 22.7 Å². The molecule has 94 valence electrons. The Labute approximate surface area is 110 Å². The van der Waals surface area contributed by atoms with E-state index in [1.807, 2.05) is 18.2 Å². The number of benzene rings is 1. The van der Waals surface area contributed by atoms with Gasteiger partial charge in [0.2, 0.25) is 0 Å². The van der Waals surface area contributed by atoms with Crippen molar-refractivity contribution in [3.8, 4) is 5.75 Å². The average molecular weight is 301 g/mol. The third-order valence-electron chi connectivity index (χ3n) is 2.88. The van der Waals surface area contributed by atoms with Crippen molar-refractivity contribution in [2.45, 2.75) is 13.0 Å². The number of hydrogen-bond acceptors (Lipinski definition) is 3. The molecule has 1 aromatic rings. The van der Waals surface area contributed by atoms with Gasteiger partial charge in [-0.1, -0.05) is 15.9 Å². The molecule has 17 heavy (non-hydrogen) atoms. The van der Waals surface area contributed by atoms with Crippen molar-refractivity contribution in [3.05, 3.63) is 28.2 Å². The van der Waals surface area contributed by atoms with E-state index in [9.17, 15) is 0 Å². The van der Waals surface area contributed by atoms with E-state index in [0.29, 0.717) is 12.5 Å². The summed E-state index contributed by atoms with van der Waals surface area (Å²) in [4.78, 5) is 0. The van der Waals surface area contributed by atoms with Gasteiger partial charge in [-0.05, 0) is 24.6 Å². The van der Waals surface area contributed by atoms with Crippen LogP contribution in [0.5, 0.6) is 5.75 Å². The van der Waals surface area contributed by atoms with Gasteiger partial charge in [0.15, 0.2) is 0 Å². The fourth-order valence-electron chi connectivity index (χ4n) is 1.91. The molecule has 1 saturated heterocycles. The molecule has 1 heterocycles. The lowest BCUT2D eigenvalue weighted by Gasteiger charge is -2.11. The molecule has 3 nitrogen and oxygen atoms in total. The third kappa shape index (κ3) is 3.69. The van der Waals surface area contributed by atoms with Gasteiger partial charge >= 0.3 is 0 Å². The Balaban J connectivity index is 1.86. The predicted molar refractivity (Wildman–Crippen MR) is 69.3 cm³/mol. The Morgan fingerprint density at radius 2 is 2.35 bits per heavy atom. The molecule has 0 aliphatic carbocycles. The molecule has 0 bridgehead atoms. The molecular formula is C13H17BrO3. The summed E-state index contributed by atoms with van der Waals surface area (Å²) in [5.41, 5.74) is 1.07. The van der Waals surface area contributed by atoms with Gasteiger partial charge in [-0.25, -0.2) is 0 Å². The maximum absolute atomic E-state index is 5.72. The molecule has 0 N–H and O–H groups in total. The average Bonchev–Trinajstić information content (AvgIpc) is 2.82. The molecule has 0 spiro atoms. The molecule has 1 unspecified atom stereocenters. The third-order valence-corrected chi connectivity index (χ3v) is 3.37. The van der Waals surface area contributed by atoms with Crippen molar-refractivity contribution < 1.29 is 14.2 Å². The number of methoxy groups -OCH3 is 1. The number of ether oxygens (including phenoxy) is 3. The van der Waals surface area contributed by atoms with Crippen LogP contribution in [0.25, 0.3) is 0 Å². The molecule has 1 aliphatic heterocycles. The second-order valence-corrected chi connectivity index (χ2v) is 5.12. The van der Waals surface area contributed by atoms with Gasteiger partial charge in [-0.2, -0.15) is 0 Å². The first-order valence-electron chi connectivity index (χ1n) is 5.77. The molecule has 1 aliphatic rings. The molecule has 4 heteroatoms. The molecule has 1 atom stereocenters. The fourth-order valence-corrected chi connectivity index (χ4v) is 2.32. The molecule has 2 rings (SSSR count). The summed E-state index contributed by atoms with van der Waals surface area (Å²) < 4.78 is 17.4. The van der Waals surface area contributed by atoms with Gasteiger partial charge in [0.05, 0.1) is 26.9 Å². The first kappa shape index (κ1) is 12.9. The summed E-state index contributed by atoms with van der Waals surface area (Å²) in [6.45, 7) is 3.04. The van der Waals surface area contributed by atoms with Gasteiger partial charge in [-0.3, -0.25) is 0 Å². The van der Waals surface area contributed by atoms with Gasteiger partial charge in [-0.15, -0.1) is 0 Å². The van der Waals surface area contributed by atoms with E-state index in [4.69, 9.17) is 14.2 Å². The van der Waals surface area contributed by atoms with E-state index >= 15 is 0 Å². The highest BCUT2D eigenvalue weighted by atomic mass is 79.9. The van der Waals surface area contributed by atoms with E-state index in [2.05, 4.69) is 15.9 Å². The minimum absolute atomic E-state index is 0.549. The van der Waals surface area contributed by atoms with E-state index in [0.717, 1.165) is 42.0 Å². The van der Waals surface area contributed by atoms with Crippen molar-refractivity contribution in [2.24, 2.45) is 5.92 Å². The van der Waals surface area contributed by atoms with E-state index < -0.39 is 0 Å². The standard InChI is InChI=1S/C13H17BrO3/c1-15-13-3-2-12(14)6-11(13)9-17-8-10-4-5-16-7-10/h2-3,6,10H,4-5,7-9H2,1H3. The van der Waals surface area contributed by atoms with Crippen molar-refractivity contribution >= 4 is 15.9 Å². The van der Waals surface area contributed by atoms with E-state index in [-0.39, 0.29) is 0 Å². The number of hydrogen-bond donors (Lipinski definition) is 0. The molecule has 0 radical (unpaired) electrons. The monoisotopic (exact) mass is 300 g/mol. The van der Waals surface area contributed by atoms with Crippen LogP contribution < -0.4 is 4.74 Å². The highest BCUT2D eigenvalue weighted by Gasteiger charge is 2.15. The second kappa shape index (κ2) is 6.38. The Hall–Kier alpha value is -0.580. The summed E-state index contributed by atoms with van der Waals surface area (Å²) in [5, 5.41) is 0. The summed E-state index contributed by atoms with van der Waals surface area (Å²) in [6, 6.07) is 5.94. The van der Waals surface area contributed by atoms with Crippen LogP contribution in [-0.2, 0) is 16.1 Å². The summed E-state index contributed by atoms with van der Waals surface area (Å²) in [5.74, 6) is 1.42. The van der Waals surface area contributed by atoms with Crippen molar-refractivity contribution in [1.29, 1.82) is 0 Å². The molecular weight excluding hydrogens is 284 g/mol. The van der Waals surface area contributed by atoms with Crippen molar-refractivity contribution in [1.82, 2.24) is 0 Å². The minimum atomic E-state index is 0.549. The predicted octanol–water partition coefficient (Wildman–Crippen LogP) is 3.01. The van der Waals surface area contributed by atoms with Gasteiger partial charge in [0.25, 0.3) is 0 Å². The Morgan fingerprint density at radius 3 is 3.06 bits per heavy atom. The van der Waals surface area contributed by atoms with Crippen molar-refractivity contribution in [2.75, 3.05) is 26.9 Å². The van der Waals surface area contributed by atoms with E-state index in [1.54, 1.807) is 7.11 Å². The van der Waals surface area contributed by atoms with Gasteiger partial charge in [0, 0.05) is 22.6 Å². The lowest BCUT2D eigenvalue weighted by molar-refractivity contribution is 0.0779. The van der Waals surface area contributed by atoms with Crippen LogP contribution in [0.4, 0.5) is 0 Å². The Bertz CT molecular complexity index is 362. The maximum Gasteiger partial charge on any atom is 0.124 e. The second-order valence-electron chi connectivity index (χ2n) is 4.20. The van der Waals surface area contributed by atoms with Crippen LogP contribution in [0.1, 0.15) is 12.0 Å². The van der Waals surface area contributed by atoms with Crippen LogP contribution >= 0.6 is 15.9 Å². The maximum atomic E-state index is 5.72. The largest absolute Gasteiger partial charge is 0.496 e. The molecule has 1 aromatic carbocycles. The zero-order chi connectivity index (χ0) is 12.1. The molecule has 0 aromatic heterocycles. The van der Waals surface area contributed by atoms with Gasteiger partial charge in [0.1, 0.15) is 5.75 Å². The lowest BCUT2D eigenvalue weighted by atomic mass is 10.1. The summed E-state index contributed by atoms with van der Waals surface area (Å²) >= 11 is 3.45. The molecule has 0 amide bonds. The minimum Gasteiger partial charge on any atom is -0.496 e. The normalized spacial score (nSPS) is 19.5. The molecule has 0 saturated carbocycles. The quantitative estimate of drug-likeness (QED) is 0.837. The van der Waals surface area contributed by atoms with Gasteiger partial charge < -0.3 is 14.2 Å². The summed E-state index contributed by atoms with van der Waals surface area (Å²) in [7, 11) is 1.68. The van der Waals surface area contributed by atoms with Crippen LogP contribution in [0.2, 0.25) is 0 Å². The topological polar surface area (TPSA) is 27.7 Å². The Kier molecular flexibility index (Phi) is 4.83. The van der Waals surface area contributed by atoms with Crippen LogP contribution in [0, 0.1) is 5.92 Å². The zero-order valence-electron chi connectivity index (χ0n) is 9.95. The summed E-state index contributed by atoms with van der Waals surface area (Å²) in [6.07, 6.45) is 1.11. The van der Waals surface area contributed by atoms with Crippen LogP contribution in [0.3, 0.4) is 0 Å². The smallest absolute Gasteiger partial charge is 0.124 e. The highest BCUT2D eigenvalue weighted by molar-refractivity contribution is 9.10. The van der Waals surface area contributed by atoms with Crippen molar-refractivity contribution in [3.63, 3.8) is 0 Å². The first-order chi connectivity index (χ1) is 8.29. The first-order valence-corrected chi connectivity index (χ1v) is 6.57. The lowest BCUT2D eigenvalue weighted by Crippen LogP contribution is -2.09. The highest BCUT2D eigenvalue weighted by Crippen LogP contribution is 2.24.